The van der Waals surface area contributed by atoms with E-state index in [0.29, 0.717) is 19.6 Å². The molecule has 1 saturated heterocycles. The lowest BCUT2D eigenvalue weighted by atomic mass is 10.1. The van der Waals surface area contributed by atoms with Crippen molar-refractivity contribution in [2.24, 2.45) is 0 Å². The lowest BCUT2D eigenvalue weighted by Gasteiger charge is -2.23. The number of rotatable bonds is 17. The molecule has 1 aliphatic heterocycles. The van der Waals surface area contributed by atoms with Gasteiger partial charge in [-0.25, -0.2) is 4.79 Å². The summed E-state index contributed by atoms with van der Waals surface area (Å²) in [6.07, 6.45) is 18.3. The number of carbonyl (C=O) groups is 2. The molecule has 0 N–H and O–H groups in total. The molecule has 1 fully saturated rings. The zero-order valence-corrected chi connectivity index (χ0v) is 20.4. The standard InChI is InChI=1S/C28H45NO3/c1-2-3-4-5-6-7-8-9-10-11-12-16-24-32-28(31)26-20-17-23-29(26)27(30)22-21-25-18-14-13-15-19-25/h13-15,18-19,26H,2-12,16-17,20-24H2,1H3. The van der Waals surface area contributed by atoms with Crippen molar-refractivity contribution in [2.45, 2.75) is 116 Å². The molecule has 4 nitrogen and oxygen atoms in total. The molecule has 1 aliphatic rings. The monoisotopic (exact) mass is 443 g/mol. The summed E-state index contributed by atoms with van der Waals surface area (Å²) in [5.41, 5.74) is 1.16. The molecule has 0 radical (unpaired) electrons. The number of likely N-dealkylation sites (tertiary alicyclic amines) is 1. The molecule has 1 heterocycles. The van der Waals surface area contributed by atoms with Gasteiger partial charge in [-0.2, -0.15) is 0 Å². The van der Waals surface area contributed by atoms with Gasteiger partial charge in [0.2, 0.25) is 5.91 Å². The van der Waals surface area contributed by atoms with Crippen molar-refractivity contribution in [3.63, 3.8) is 0 Å². The maximum Gasteiger partial charge on any atom is 0.328 e. The van der Waals surface area contributed by atoms with Crippen LogP contribution >= 0.6 is 0 Å². The van der Waals surface area contributed by atoms with E-state index < -0.39 is 0 Å². The van der Waals surface area contributed by atoms with Gasteiger partial charge in [0.05, 0.1) is 6.61 Å². The Morgan fingerprint density at radius 1 is 0.875 bits per heavy atom. The first-order valence-electron chi connectivity index (χ1n) is 13.2. The highest BCUT2D eigenvalue weighted by Gasteiger charge is 2.34. The van der Waals surface area contributed by atoms with Crippen LogP contribution in [-0.4, -0.2) is 36.0 Å². The van der Waals surface area contributed by atoms with Crippen LogP contribution in [0.25, 0.3) is 0 Å². The van der Waals surface area contributed by atoms with Crippen LogP contribution in [0.4, 0.5) is 0 Å². The molecule has 4 heteroatoms. The second kappa shape index (κ2) is 16.7. The van der Waals surface area contributed by atoms with E-state index in [1.807, 2.05) is 30.3 Å². The van der Waals surface area contributed by atoms with E-state index in [0.717, 1.165) is 37.7 Å². The van der Waals surface area contributed by atoms with Crippen LogP contribution in [0.2, 0.25) is 0 Å². The lowest BCUT2D eigenvalue weighted by Crippen LogP contribution is -2.41. The third-order valence-electron chi connectivity index (χ3n) is 6.56. The molecule has 0 aliphatic carbocycles. The maximum atomic E-state index is 12.6. The number of hydrogen-bond acceptors (Lipinski definition) is 3. The molecule has 1 aromatic rings. The van der Waals surface area contributed by atoms with Crippen LogP contribution < -0.4 is 0 Å². The second-order valence-corrected chi connectivity index (χ2v) is 9.29. The fourth-order valence-corrected chi connectivity index (χ4v) is 4.56. The molecule has 180 valence electrons. The highest BCUT2D eigenvalue weighted by atomic mass is 16.5. The van der Waals surface area contributed by atoms with Crippen molar-refractivity contribution in [1.29, 1.82) is 0 Å². The summed E-state index contributed by atoms with van der Waals surface area (Å²) in [6, 6.07) is 9.66. The van der Waals surface area contributed by atoms with Crippen LogP contribution in [-0.2, 0) is 20.7 Å². The number of carbonyl (C=O) groups excluding carboxylic acids is 2. The number of unbranched alkanes of at least 4 members (excludes halogenated alkanes) is 11. The topological polar surface area (TPSA) is 46.6 Å². The van der Waals surface area contributed by atoms with E-state index >= 15 is 0 Å². The average molecular weight is 444 g/mol. The van der Waals surface area contributed by atoms with Crippen molar-refractivity contribution in [2.75, 3.05) is 13.2 Å². The van der Waals surface area contributed by atoms with Crippen molar-refractivity contribution in [1.82, 2.24) is 4.90 Å². The Balaban J connectivity index is 1.49. The SMILES string of the molecule is CCCCCCCCCCCCCCOC(=O)C1CCCN1C(=O)CCc1ccccc1. The van der Waals surface area contributed by atoms with Gasteiger partial charge in [0.1, 0.15) is 6.04 Å². The van der Waals surface area contributed by atoms with E-state index in [1.165, 1.54) is 64.2 Å². The Bertz CT molecular complexity index is 631. The smallest absolute Gasteiger partial charge is 0.328 e. The van der Waals surface area contributed by atoms with Crippen LogP contribution in [0.15, 0.2) is 30.3 Å². The van der Waals surface area contributed by atoms with Gasteiger partial charge >= 0.3 is 5.97 Å². The molecule has 0 saturated carbocycles. The van der Waals surface area contributed by atoms with Gasteiger partial charge in [-0.15, -0.1) is 0 Å². The Kier molecular flexibility index (Phi) is 13.8. The van der Waals surface area contributed by atoms with Crippen LogP contribution in [0.1, 0.15) is 109 Å². The van der Waals surface area contributed by atoms with Crippen molar-refractivity contribution in [3.05, 3.63) is 35.9 Å². The zero-order valence-electron chi connectivity index (χ0n) is 20.4. The predicted octanol–water partition coefficient (Wildman–Crippen LogP) is 6.85. The molecule has 1 aromatic carbocycles. The quantitative estimate of drug-likeness (QED) is 0.195. The lowest BCUT2D eigenvalue weighted by molar-refractivity contribution is -0.153. The molecule has 1 atom stereocenters. The van der Waals surface area contributed by atoms with Crippen molar-refractivity contribution in [3.8, 4) is 0 Å². The average Bonchev–Trinajstić information content (AvgIpc) is 3.31. The van der Waals surface area contributed by atoms with Crippen LogP contribution in [0, 0.1) is 0 Å². The van der Waals surface area contributed by atoms with Crippen LogP contribution in [0.3, 0.4) is 0 Å². The van der Waals surface area contributed by atoms with E-state index in [2.05, 4.69) is 6.92 Å². The first kappa shape index (κ1) is 26.4. The Morgan fingerprint density at radius 2 is 1.47 bits per heavy atom. The molecule has 1 amide bonds. The summed E-state index contributed by atoms with van der Waals surface area (Å²) < 4.78 is 5.53. The molecular formula is C28H45NO3. The molecule has 0 bridgehead atoms. The Labute approximate surface area is 196 Å². The molecule has 0 spiro atoms. The molecular weight excluding hydrogens is 398 g/mol. The van der Waals surface area contributed by atoms with Crippen molar-refractivity contribution >= 4 is 11.9 Å². The van der Waals surface area contributed by atoms with Gasteiger partial charge in [0.25, 0.3) is 0 Å². The summed E-state index contributed by atoms with van der Waals surface area (Å²) in [7, 11) is 0. The predicted molar refractivity (Wildman–Crippen MR) is 132 cm³/mol. The highest BCUT2D eigenvalue weighted by Crippen LogP contribution is 2.20. The van der Waals surface area contributed by atoms with E-state index in [4.69, 9.17) is 4.74 Å². The normalized spacial score (nSPS) is 15.8. The maximum absolute atomic E-state index is 12.6. The number of nitrogens with zero attached hydrogens (tertiary/aromatic N) is 1. The highest BCUT2D eigenvalue weighted by molar-refractivity contribution is 5.85. The number of amides is 1. The van der Waals surface area contributed by atoms with Gasteiger partial charge in [0, 0.05) is 13.0 Å². The number of aryl methyl sites for hydroxylation is 1. The van der Waals surface area contributed by atoms with Gasteiger partial charge in [0.15, 0.2) is 0 Å². The van der Waals surface area contributed by atoms with Gasteiger partial charge < -0.3 is 9.64 Å². The zero-order chi connectivity index (χ0) is 22.9. The Morgan fingerprint density at radius 3 is 2.09 bits per heavy atom. The van der Waals surface area contributed by atoms with E-state index in [1.54, 1.807) is 4.90 Å². The van der Waals surface area contributed by atoms with Crippen LogP contribution in [0.5, 0.6) is 0 Å². The first-order chi connectivity index (χ1) is 15.7. The summed E-state index contributed by atoms with van der Waals surface area (Å²) in [6.45, 7) is 3.42. The van der Waals surface area contributed by atoms with Gasteiger partial charge in [-0.1, -0.05) is 108 Å². The minimum Gasteiger partial charge on any atom is -0.464 e. The second-order valence-electron chi connectivity index (χ2n) is 9.29. The number of benzene rings is 1. The third-order valence-corrected chi connectivity index (χ3v) is 6.56. The largest absolute Gasteiger partial charge is 0.464 e. The molecule has 1 unspecified atom stereocenters. The third kappa shape index (κ3) is 10.7. The van der Waals surface area contributed by atoms with E-state index in [-0.39, 0.29) is 17.9 Å². The minimum absolute atomic E-state index is 0.0682. The van der Waals surface area contributed by atoms with Gasteiger partial charge in [-0.05, 0) is 31.2 Å². The fraction of sp³-hybridized carbons (Fsp3) is 0.714. The summed E-state index contributed by atoms with van der Waals surface area (Å²) in [4.78, 5) is 26.9. The fourth-order valence-electron chi connectivity index (χ4n) is 4.56. The molecule has 0 aromatic heterocycles. The summed E-state index contributed by atoms with van der Waals surface area (Å²) in [5, 5.41) is 0. The minimum atomic E-state index is -0.379. The van der Waals surface area contributed by atoms with Gasteiger partial charge in [-0.3, -0.25) is 4.79 Å². The number of ether oxygens (including phenoxy) is 1. The van der Waals surface area contributed by atoms with E-state index in [9.17, 15) is 9.59 Å². The Hall–Kier alpha value is -1.84. The first-order valence-corrected chi connectivity index (χ1v) is 13.2. The summed E-state index contributed by atoms with van der Waals surface area (Å²) in [5.74, 6) is -0.141. The summed E-state index contributed by atoms with van der Waals surface area (Å²) >= 11 is 0. The number of esters is 1. The molecule has 2 rings (SSSR count). The number of hydrogen-bond donors (Lipinski definition) is 0. The molecule has 32 heavy (non-hydrogen) atoms. The van der Waals surface area contributed by atoms with Crippen molar-refractivity contribution < 1.29 is 14.3 Å².